The summed E-state index contributed by atoms with van der Waals surface area (Å²) in [6.45, 7) is 1.12. The Hall–Kier alpha value is -3.80. The van der Waals surface area contributed by atoms with E-state index in [-0.39, 0.29) is 11.8 Å². The van der Waals surface area contributed by atoms with Crippen molar-refractivity contribution in [2.45, 2.75) is 6.42 Å². The molecule has 0 aliphatic carbocycles. The normalized spacial score (nSPS) is 15.3. The van der Waals surface area contributed by atoms with Gasteiger partial charge in [-0.05, 0) is 42.3 Å². The van der Waals surface area contributed by atoms with Gasteiger partial charge in [0, 0.05) is 18.5 Å². The number of aromatic nitrogens is 2. The third-order valence-electron chi connectivity index (χ3n) is 5.22. The van der Waals surface area contributed by atoms with Crippen LogP contribution in [0.2, 0.25) is 0 Å². The Balaban J connectivity index is 1.36. The average Bonchev–Trinajstić information content (AvgIpc) is 3.48. The molecule has 1 amide bonds. The fraction of sp³-hybridized carbons (Fsp3) is 0.167. The standard InChI is InChI=1S/C24H21N3O3/c28-24(25-15-17-13-18-7-4-5-10-22(18)30-16-17)21-14-20(23-11-6-12-29-23)26-27(21)19-8-2-1-3-9-19/h1-12,14,17H,13,15-16H2,(H,25,28). The van der Waals surface area contributed by atoms with E-state index in [9.17, 15) is 4.79 Å². The van der Waals surface area contributed by atoms with Crippen molar-refractivity contribution in [1.82, 2.24) is 15.1 Å². The highest BCUT2D eigenvalue weighted by Crippen LogP contribution is 2.27. The highest BCUT2D eigenvalue weighted by Gasteiger charge is 2.23. The number of hydrogen-bond donors (Lipinski definition) is 1. The van der Waals surface area contributed by atoms with Crippen LogP contribution in [0, 0.1) is 5.92 Å². The lowest BCUT2D eigenvalue weighted by Gasteiger charge is -2.25. The Morgan fingerprint density at radius 2 is 1.90 bits per heavy atom. The fourth-order valence-corrected chi connectivity index (χ4v) is 3.70. The van der Waals surface area contributed by atoms with Crippen molar-refractivity contribution >= 4 is 5.91 Å². The molecule has 6 nitrogen and oxygen atoms in total. The third-order valence-corrected chi connectivity index (χ3v) is 5.22. The minimum absolute atomic E-state index is 0.178. The zero-order valence-corrected chi connectivity index (χ0v) is 16.3. The number of para-hydroxylation sites is 2. The molecule has 30 heavy (non-hydrogen) atoms. The average molecular weight is 399 g/mol. The molecule has 1 aliphatic rings. The number of benzene rings is 2. The van der Waals surface area contributed by atoms with Gasteiger partial charge in [-0.1, -0.05) is 36.4 Å². The van der Waals surface area contributed by atoms with Gasteiger partial charge in [0.25, 0.3) is 5.91 Å². The Labute approximate surface area is 174 Å². The Morgan fingerprint density at radius 1 is 1.07 bits per heavy atom. The van der Waals surface area contributed by atoms with E-state index in [1.165, 1.54) is 5.56 Å². The van der Waals surface area contributed by atoms with E-state index in [0.717, 1.165) is 17.9 Å². The molecule has 0 saturated heterocycles. The number of nitrogens with one attached hydrogen (secondary N) is 1. The summed E-state index contributed by atoms with van der Waals surface area (Å²) in [7, 11) is 0. The molecule has 1 N–H and O–H groups in total. The van der Waals surface area contributed by atoms with Crippen molar-refractivity contribution in [3.05, 3.63) is 90.3 Å². The first-order valence-electron chi connectivity index (χ1n) is 9.96. The van der Waals surface area contributed by atoms with Gasteiger partial charge >= 0.3 is 0 Å². The number of furan rings is 1. The van der Waals surface area contributed by atoms with Crippen LogP contribution in [0.4, 0.5) is 0 Å². The lowest BCUT2D eigenvalue weighted by atomic mass is 9.97. The number of carbonyl (C=O) groups excluding carboxylic acids is 1. The van der Waals surface area contributed by atoms with Crippen LogP contribution in [0.1, 0.15) is 16.1 Å². The number of amides is 1. The predicted octanol–water partition coefficient (Wildman–Crippen LogP) is 4.11. The lowest BCUT2D eigenvalue weighted by molar-refractivity contribution is 0.0931. The zero-order valence-electron chi connectivity index (χ0n) is 16.3. The summed E-state index contributed by atoms with van der Waals surface area (Å²) >= 11 is 0. The van der Waals surface area contributed by atoms with Crippen LogP contribution in [-0.2, 0) is 6.42 Å². The van der Waals surface area contributed by atoms with Crippen molar-refractivity contribution < 1.29 is 13.9 Å². The maximum absolute atomic E-state index is 13.1. The molecule has 2 aromatic heterocycles. The van der Waals surface area contributed by atoms with Crippen LogP contribution in [0.25, 0.3) is 17.1 Å². The molecule has 6 heteroatoms. The van der Waals surface area contributed by atoms with E-state index >= 15 is 0 Å². The number of nitrogens with zero attached hydrogens (tertiary/aromatic N) is 2. The summed E-state index contributed by atoms with van der Waals surface area (Å²) in [6, 6.07) is 23.0. The van der Waals surface area contributed by atoms with E-state index in [1.54, 1.807) is 23.1 Å². The van der Waals surface area contributed by atoms with Crippen LogP contribution >= 0.6 is 0 Å². The van der Waals surface area contributed by atoms with Crippen molar-refractivity contribution in [1.29, 1.82) is 0 Å². The van der Waals surface area contributed by atoms with Gasteiger partial charge in [-0.2, -0.15) is 5.10 Å². The van der Waals surface area contributed by atoms with E-state index in [0.29, 0.717) is 30.3 Å². The highest BCUT2D eigenvalue weighted by atomic mass is 16.5. The van der Waals surface area contributed by atoms with Crippen molar-refractivity contribution in [2.75, 3.05) is 13.2 Å². The number of ether oxygens (including phenoxy) is 1. The smallest absolute Gasteiger partial charge is 0.270 e. The van der Waals surface area contributed by atoms with Gasteiger partial charge in [0.2, 0.25) is 0 Å². The first-order chi connectivity index (χ1) is 14.8. The lowest BCUT2D eigenvalue weighted by Crippen LogP contribution is -2.35. The molecule has 150 valence electrons. The third kappa shape index (κ3) is 3.59. The molecule has 0 bridgehead atoms. The second-order valence-electron chi connectivity index (χ2n) is 7.34. The molecule has 0 saturated carbocycles. The fourth-order valence-electron chi connectivity index (χ4n) is 3.70. The molecule has 3 heterocycles. The quantitative estimate of drug-likeness (QED) is 0.548. The van der Waals surface area contributed by atoms with Crippen molar-refractivity contribution in [3.8, 4) is 22.9 Å². The highest BCUT2D eigenvalue weighted by molar-refractivity contribution is 5.94. The van der Waals surface area contributed by atoms with Crippen LogP contribution < -0.4 is 10.1 Å². The summed E-state index contributed by atoms with van der Waals surface area (Å²) in [5.41, 5.74) is 3.07. The summed E-state index contributed by atoms with van der Waals surface area (Å²) in [6.07, 6.45) is 2.48. The molecule has 1 atom stereocenters. The predicted molar refractivity (Wildman–Crippen MR) is 113 cm³/mol. The monoisotopic (exact) mass is 399 g/mol. The number of rotatable bonds is 5. The van der Waals surface area contributed by atoms with Crippen LogP contribution in [0.3, 0.4) is 0 Å². The zero-order chi connectivity index (χ0) is 20.3. The van der Waals surface area contributed by atoms with Gasteiger partial charge < -0.3 is 14.5 Å². The first kappa shape index (κ1) is 18.2. The van der Waals surface area contributed by atoms with Gasteiger partial charge in [0.05, 0.1) is 18.6 Å². The number of hydrogen-bond acceptors (Lipinski definition) is 4. The maximum atomic E-state index is 13.1. The summed E-state index contributed by atoms with van der Waals surface area (Å²) in [5, 5.41) is 7.66. The minimum atomic E-state index is -0.178. The van der Waals surface area contributed by atoms with Gasteiger partial charge in [0.1, 0.15) is 17.1 Å². The van der Waals surface area contributed by atoms with Gasteiger partial charge in [0.15, 0.2) is 5.76 Å². The van der Waals surface area contributed by atoms with Crippen LogP contribution in [0.5, 0.6) is 5.75 Å². The first-order valence-corrected chi connectivity index (χ1v) is 9.96. The largest absolute Gasteiger partial charge is 0.493 e. The van der Waals surface area contributed by atoms with E-state index in [4.69, 9.17) is 9.15 Å². The van der Waals surface area contributed by atoms with E-state index in [1.807, 2.05) is 54.6 Å². The van der Waals surface area contributed by atoms with Crippen molar-refractivity contribution in [2.24, 2.45) is 5.92 Å². The number of fused-ring (bicyclic) bond motifs is 1. The second-order valence-corrected chi connectivity index (χ2v) is 7.34. The van der Waals surface area contributed by atoms with Gasteiger partial charge in [-0.3, -0.25) is 4.79 Å². The molecule has 2 aromatic carbocycles. The van der Waals surface area contributed by atoms with Gasteiger partial charge in [-0.15, -0.1) is 0 Å². The summed E-state index contributed by atoms with van der Waals surface area (Å²) < 4.78 is 13.0. The SMILES string of the molecule is O=C(NCC1COc2ccccc2C1)c1cc(-c2ccco2)nn1-c1ccccc1. The Kier molecular flexibility index (Phi) is 4.81. The Bertz CT molecular complexity index is 1150. The molecule has 4 aromatic rings. The Morgan fingerprint density at radius 3 is 2.73 bits per heavy atom. The van der Waals surface area contributed by atoms with Crippen LogP contribution in [0.15, 0.2) is 83.5 Å². The summed E-state index contributed by atoms with van der Waals surface area (Å²) in [4.78, 5) is 13.1. The second kappa shape index (κ2) is 7.91. The van der Waals surface area contributed by atoms with E-state index < -0.39 is 0 Å². The molecule has 1 unspecified atom stereocenters. The minimum Gasteiger partial charge on any atom is -0.493 e. The molecule has 1 aliphatic heterocycles. The molecular formula is C24H21N3O3. The van der Waals surface area contributed by atoms with Crippen molar-refractivity contribution in [3.63, 3.8) is 0 Å². The summed E-state index contributed by atoms with van der Waals surface area (Å²) in [5.74, 6) is 1.60. The topological polar surface area (TPSA) is 69.3 Å². The molecule has 5 rings (SSSR count). The number of carbonyl (C=O) groups is 1. The molecule has 0 fully saturated rings. The van der Waals surface area contributed by atoms with Crippen LogP contribution in [-0.4, -0.2) is 28.8 Å². The molecule has 0 radical (unpaired) electrons. The molecule has 0 spiro atoms. The van der Waals surface area contributed by atoms with Gasteiger partial charge in [-0.25, -0.2) is 4.68 Å². The van der Waals surface area contributed by atoms with E-state index in [2.05, 4.69) is 16.5 Å². The maximum Gasteiger partial charge on any atom is 0.270 e. The molecular weight excluding hydrogens is 378 g/mol.